The highest BCUT2D eigenvalue weighted by atomic mass is 16.6. The van der Waals surface area contributed by atoms with Gasteiger partial charge in [0, 0.05) is 31.6 Å². The zero-order valence-corrected chi connectivity index (χ0v) is 12.4. The van der Waals surface area contributed by atoms with Crippen LogP contribution in [0, 0.1) is 16.7 Å². The molecule has 3 fully saturated rings. The Bertz CT molecular complexity index is 376. The summed E-state index contributed by atoms with van der Waals surface area (Å²) in [6.07, 6.45) is 3.57. The maximum Gasteiger partial charge on any atom is 0.410 e. The van der Waals surface area contributed by atoms with Gasteiger partial charge in [-0.15, -0.1) is 0 Å². The van der Waals surface area contributed by atoms with E-state index >= 15 is 0 Å². The van der Waals surface area contributed by atoms with E-state index in [4.69, 9.17) is 4.74 Å². The largest absolute Gasteiger partial charge is 0.445 e. The number of carbonyl (C=O) groups is 1. The molecule has 3 unspecified atom stereocenters. The smallest absolute Gasteiger partial charge is 0.410 e. The Kier molecular flexibility index (Phi) is 3.04. The zero-order chi connectivity index (χ0) is 13.7. The molecule has 4 nitrogen and oxygen atoms in total. The van der Waals surface area contributed by atoms with E-state index in [-0.39, 0.29) is 17.6 Å². The van der Waals surface area contributed by atoms with Crippen molar-refractivity contribution in [1.29, 1.82) is 0 Å². The maximum absolute atomic E-state index is 12.3. The van der Waals surface area contributed by atoms with Crippen LogP contribution in [0.25, 0.3) is 0 Å². The van der Waals surface area contributed by atoms with Gasteiger partial charge >= 0.3 is 6.09 Å². The molecule has 2 saturated carbocycles. The number of hydrogen-bond acceptors (Lipinski definition) is 3. The Balaban J connectivity index is 1.66. The molecule has 2 aliphatic carbocycles. The molecule has 0 spiro atoms. The lowest BCUT2D eigenvalue weighted by atomic mass is 9.70. The minimum absolute atomic E-state index is 0.101. The molecule has 108 valence electrons. The van der Waals surface area contributed by atoms with Gasteiger partial charge in [0.1, 0.15) is 6.10 Å². The number of nitrogens with zero attached hydrogens (tertiary/aromatic N) is 1. The van der Waals surface area contributed by atoms with Crippen molar-refractivity contribution in [2.24, 2.45) is 16.7 Å². The highest BCUT2D eigenvalue weighted by Gasteiger charge is 2.63. The van der Waals surface area contributed by atoms with Crippen LogP contribution >= 0.6 is 0 Å². The summed E-state index contributed by atoms with van der Waals surface area (Å²) < 4.78 is 5.88. The van der Waals surface area contributed by atoms with E-state index in [1.807, 2.05) is 4.90 Å². The fraction of sp³-hybridized carbons (Fsp3) is 0.933. The first-order valence-electron chi connectivity index (χ1n) is 7.61. The van der Waals surface area contributed by atoms with Crippen LogP contribution in [-0.2, 0) is 4.74 Å². The third-order valence-corrected chi connectivity index (χ3v) is 6.33. The topological polar surface area (TPSA) is 41.6 Å². The predicted octanol–water partition coefficient (Wildman–Crippen LogP) is 2.24. The summed E-state index contributed by atoms with van der Waals surface area (Å²) >= 11 is 0. The van der Waals surface area contributed by atoms with Crippen LogP contribution in [0.3, 0.4) is 0 Å². The molecule has 19 heavy (non-hydrogen) atoms. The molecule has 0 radical (unpaired) electrons. The molecule has 3 rings (SSSR count). The molecule has 0 aromatic heterocycles. The Morgan fingerprint density at radius 2 is 1.95 bits per heavy atom. The van der Waals surface area contributed by atoms with E-state index in [1.54, 1.807) is 0 Å². The van der Waals surface area contributed by atoms with Crippen LogP contribution in [0.5, 0.6) is 0 Å². The number of fused-ring (bicyclic) bond motifs is 2. The summed E-state index contributed by atoms with van der Waals surface area (Å²) in [4.78, 5) is 14.1. The second-order valence-electron chi connectivity index (χ2n) is 7.22. The zero-order valence-electron chi connectivity index (χ0n) is 12.4. The Morgan fingerprint density at radius 1 is 1.26 bits per heavy atom. The second-order valence-corrected chi connectivity index (χ2v) is 7.22. The minimum Gasteiger partial charge on any atom is -0.445 e. The monoisotopic (exact) mass is 266 g/mol. The molecule has 4 heteroatoms. The van der Waals surface area contributed by atoms with Gasteiger partial charge in [0.2, 0.25) is 0 Å². The van der Waals surface area contributed by atoms with Gasteiger partial charge in [0.25, 0.3) is 0 Å². The van der Waals surface area contributed by atoms with Crippen molar-refractivity contribution < 1.29 is 9.53 Å². The van der Waals surface area contributed by atoms with Gasteiger partial charge < -0.3 is 15.0 Å². The van der Waals surface area contributed by atoms with Gasteiger partial charge in [0.05, 0.1) is 0 Å². The number of amides is 1. The lowest BCUT2D eigenvalue weighted by Gasteiger charge is -2.39. The van der Waals surface area contributed by atoms with Crippen molar-refractivity contribution in [3.05, 3.63) is 0 Å². The van der Waals surface area contributed by atoms with Crippen molar-refractivity contribution in [3.63, 3.8) is 0 Å². The van der Waals surface area contributed by atoms with Gasteiger partial charge in [-0.3, -0.25) is 0 Å². The Hall–Kier alpha value is -0.770. The first-order chi connectivity index (χ1) is 8.95. The predicted molar refractivity (Wildman–Crippen MR) is 73.9 cm³/mol. The number of rotatable bonds is 1. The molecule has 3 aliphatic rings. The third-order valence-electron chi connectivity index (χ3n) is 6.33. The maximum atomic E-state index is 12.3. The summed E-state index contributed by atoms with van der Waals surface area (Å²) in [5, 5.41) is 3.26. The highest BCUT2D eigenvalue weighted by molar-refractivity contribution is 5.68. The number of piperazine rings is 1. The average Bonchev–Trinajstić information content (AvgIpc) is 2.73. The Labute approximate surface area is 115 Å². The van der Waals surface area contributed by atoms with Crippen LogP contribution in [0.1, 0.15) is 40.0 Å². The molecule has 0 aromatic rings. The quantitative estimate of drug-likeness (QED) is 0.791. The van der Waals surface area contributed by atoms with Crippen molar-refractivity contribution in [2.45, 2.75) is 46.1 Å². The highest BCUT2D eigenvalue weighted by Crippen LogP contribution is 2.66. The van der Waals surface area contributed by atoms with Crippen LogP contribution in [-0.4, -0.2) is 43.3 Å². The third kappa shape index (κ3) is 1.87. The van der Waals surface area contributed by atoms with Gasteiger partial charge in [0.15, 0.2) is 0 Å². The summed E-state index contributed by atoms with van der Waals surface area (Å²) in [6.45, 7) is 10.3. The summed E-state index contributed by atoms with van der Waals surface area (Å²) in [7, 11) is 0. The molecule has 1 N–H and O–H groups in total. The van der Waals surface area contributed by atoms with E-state index in [0.717, 1.165) is 38.5 Å². The molecule has 1 amide bonds. The summed E-state index contributed by atoms with van der Waals surface area (Å²) in [6, 6.07) is 0. The van der Waals surface area contributed by atoms with Gasteiger partial charge in [-0.05, 0) is 30.6 Å². The van der Waals surface area contributed by atoms with Gasteiger partial charge in [-0.1, -0.05) is 20.8 Å². The first-order valence-corrected chi connectivity index (χ1v) is 7.61. The first kappa shape index (κ1) is 13.2. The molecule has 1 heterocycles. The van der Waals surface area contributed by atoms with E-state index in [1.165, 1.54) is 12.8 Å². The van der Waals surface area contributed by atoms with E-state index < -0.39 is 0 Å². The minimum atomic E-state index is -0.101. The van der Waals surface area contributed by atoms with Crippen molar-refractivity contribution >= 4 is 6.09 Å². The fourth-order valence-electron chi connectivity index (χ4n) is 4.35. The number of carbonyl (C=O) groups excluding carboxylic acids is 1. The lowest BCUT2D eigenvalue weighted by molar-refractivity contribution is -0.0198. The lowest BCUT2D eigenvalue weighted by Crippen LogP contribution is -2.48. The van der Waals surface area contributed by atoms with Crippen molar-refractivity contribution in [3.8, 4) is 0 Å². The standard InChI is InChI=1S/C15H26N2O2/c1-14(2)11-4-5-15(14,3)12(10-11)19-13(18)17-8-6-16-7-9-17/h11-12,16H,4-10H2,1-3H3. The SMILES string of the molecule is CC1(C)C2CCC1(C)C(OC(=O)N1CCNCC1)C2. The molecular formula is C15H26N2O2. The second kappa shape index (κ2) is 4.37. The molecule has 1 aliphatic heterocycles. The van der Waals surface area contributed by atoms with Crippen LogP contribution in [0.4, 0.5) is 4.79 Å². The normalized spacial score (nSPS) is 40.5. The number of ether oxygens (including phenoxy) is 1. The van der Waals surface area contributed by atoms with Crippen LogP contribution in [0.2, 0.25) is 0 Å². The van der Waals surface area contributed by atoms with Crippen molar-refractivity contribution in [1.82, 2.24) is 10.2 Å². The van der Waals surface area contributed by atoms with Crippen LogP contribution in [0.15, 0.2) is 0 Å². The number of nitrogens with one attached hydrogen (secondary N) is 1. The summed E-state index contributed by atoms with van der Waals surface area (Å²) in [5.41, 5.74) is 0.475. The molecule has 3 atom stereocenters. The van der Waals surface area contributed by atoms with Crippen LogP contribution < -0.4 is 5.32 Å². The molecule has 2 bridgehead atoms. The average molecular weight is 266 g/mol. The fourth-order valence-corrected chi connectivity index (χ4v) is 4.35. The van der Waals surface area contributed by atoms with Gasteiger partial charge in [-0.2, -0.15) is 0 Å². The van der Waals surface area contributed by atoms with E-state index in [9.17, 15) is 4.79 Å². The molecule has 0 aromatic carbocycles. The van der Waals surface area contributed by atoms with E-state index in [2.05, 4.69) is 26.1 Å². The van der Waals surface area contributed by atoms with Gasteiger partial charge in [-0.25, -0.2) is 4.79 Å². The molecular weight excluding hydrogens is 240 g/mol. The van der Waals surface area contributed by atoms with E-state index in [0.29, 0.717) is 5.41 Å². The molecule has 1 saturated heterocycles. The number of hydrogen-bond donors (Lipinski definition) is 1. The van der Waals surface area contributed by atoms with Crippen molar-refractivity contribution in [2.75, 3.05) is 26.2 Å². The summed E-state index contributed by atoms with van der Waals surface area (Å²) in [5.74, 6) is 0.721. The Morgan fingerprint density at radius 3 is 2.47 bits per heavy atom.